The van der Waals surface area contributed by atoms with E-state index in [4.69, 9.17) is 18.9 Å². The fourth-order valence-electron chi connectivity index (χ4n) is 4.36. The van der Waals surface area contributed by atoms with Gasteiger partial charge in [-0.15, -0.1) is 0 Å². The SMILES string of the molecule is C=C(C)COC1CC2OC=C(c3ccc4c(c3)OCCO4)C(=O)C2CC1CC. The van der Waals surface area contributed by atoms with Crippen LogP contribution in [-0.2, 0) is 14.3 Å². The average Bonchev–Trinajstić information content (AvgIpc) is 2.71. The van der Waals surface area contributed by atoms with Crippen molar-refractivity contribution < 1.29 is 23.7 Å². The Morgan fingerprint density at radius 3 is 2.75 bits per heavy atom. The number of carbonyl (C=O) groups excluding carboxylic acids is 1. The van der Waals surface area contributed by atoms with Gasteiger partial charge in [-0.3, -0.25) is 4.79 Å². The van der Waals surface area contributed by atoms with E-state index in [0.717, 1.165) is 36.1 Å². The molecule has 2 aliphatic heterocycles. The van der Waals surface area contributed by atoms with Gasteiger partial charge in [0.1, 0.15) is 19.3 Å². The molecule has 0 N–H and O–H groups in total. The fourth-order valence-corrected chi connectivity index (χ4v) is 4.36. The van der Waals surface area contributed by atoms with Crippen molar-refractivity contribution in [3.8, 4) is 11.5 Å². The fraction of sp³-hybridized carbons (Fsp3) is 0.522. The molecule has 5 nitrogen and oxygen atoms in total. The minimum absolute atomic E-state index is 0.111. The largest absolute Gasteiger partial charge is 0.496 e. The maximum Gasteiger partial charge on any atom is 0.173 e. The van der Waals surface area contributed by atoms with Crippen LogP contribution in [0.2, 0.25) is 0 Å². The van der Waals surface area contributed by atoms with Crippen molar-refractivity contribution in [3.63, 3.8) is 0 Å². The number of benzene rings is 1. The molecule has 1 aromatic carbocycles. The van der Waals surface area contributed by atoms with E-state index in [9.17, 15) is 4.79 Å². The Morgan fingerprint density at radius 1 is 1.21 bits per heavy atom. The van der Waals surface area contributed by atoms with Crippen molar-refractivity contribution in [2.24, 2.45) is 11.8 Å². The van der Waals surface area contributed by atoms with Crippen LogP contribution in [-0.4, -0.2) is 37.8 Å². The van der Waals surface area contributed by atoms with E-state index in [1.165, 1.54) is 0 Å². The van der Waals surface area contributed by atoms with Gasteiger partial charge in [0.05, 0.1) is 30.5 Å². The Kier molecular flexibility index (Phi) is 5.44. The molecule has 150 valence electrons. The Labute approximate surface area is 166 Å². The van der Waals surface area contributed by atoms with Gasteiger partial charge in [0, 0.05) is 6.42 Å². The van der Waals surface area contributed by atoms with Gasteiger partial charge in [-0.25, -0.2) is 0 Å². The molecule has 1 fully saturated rings. The monoisotopic (exact) mass is 384 g/mol. The molecule has 4 unspecified atom stereocenters. The lowest BCUT2D eigenvalue weighted by atomic mass is 9.72. The van der Waals surface area contributed by atoms with E-state index >= 15 is 0 Å². The van der Waals surface area contributed by atoms with Gasteiger partial charge in [0.15, 0.2) is 17.3 Å². The number of rotatable bonds is 5. The summed E-state index contributed by atoms with van der Waals surface area (Å²) in [5.41, 5.74) is 2.45. The first-order valence-corrected chi connectivity index (χ1v) is 10.1. The molecule has 28 heavy (non-hydrogen) atoms. The Balaban J connectivity index is 1.53. The molecule has 0 aromatic heterocycles. The summed E-state index contributed by atoms with van der Waals surface area (Å²) in [6, 6.07) is 5.64. The van der Waals surface area contributed by atoms with Crippen LogP contribution in [0, 0.1) is 11.8 Å². The molecule has 1 aromatic rings. The summed E-state index contributed by atoms with van der Waals surface area (Å²) in [4.78, 5) is 13.3. The van der Waals surface area contributed by atoms with Crippen LogP contribution in [0.15, 0.2) is 36.6 Å². The van der Waals surface area contributed by atoms with E-state index < -0.39 is 0 Å². The summed E-state index contributed by atoms with van der Waals surface area (Å²) in [6.45, 7) is 9.68. The lowest BCUT2D eigenvalue weighted by molar-refractivity contribution is -0.131. The number of hydrogen-bond donors (Lipinski definition) is 0. The third-order valence-corrected chi connectivity index (χ3v) is 5.88. The van der Waals surface area contributed by atoms with Crippen LogP contribution >= 0.6 is 0 Å². The molecule has 3 aliphatic rings. The van der Waals surface area contributed by atoms with E-state index in [1.807, 2.05) is 25.1 Å². The topological polar surface area (TPSA) is 54.0 Å². The second-order valence-corrected chi connectivity index (χ2v) is 7.98. The van der Waals surface area contributed by atoms with Crippen molar-refractivity contribution >= 4 is 11.4 Å². The zero-order valence-corrected chi connectivity index (χ0v) is 16.6. The normalized spacial score (nSPS) is 28.8. The van der Waals surface area contributed by atoms with Crippen LogP contribution in [0.3, 0.4) is 0 Å². The standard InChI is InChI=1S/C23H28O5/c1-4-15-9-17-21(11-20(15)27-12-14(2)3)28-13-18(23(17)24)16-5-6-19-22(10-16)26-8-7-25-19/h5-6,10,13,15,17,20-21H,2,4,7-9,11-12H2,1,3H3. The van der Waals surface area contributed by atoms with Crippen molar-refractivity contribution in [2.45, 2.75) is 45.3 Å². The number of Topliss-reactive ketones (excluding diaryl/α,β-unsaturated/α-hetero) is 1. The van der Waals surface area contributed by atoms with Gasteiger partial charge in [0.2, 0.25) is 0 Å². The van der Waals surface area contributed by atoms with Crippen molar-refractivity contribution in [1.29, 1.82) is 0 Å². The van der Waals surface area contributed by atoms with Crippen LogP contribution in [0.5, 0.6) is 11.5 Å². The second kappa shape index (κ2) is 8.00. The maximum absolute atomic E-state index is 13.3. The zero-order valence-electron chi connectivity index (χ0n) is 16.6. The highest BCUT2D eigenvalue weighted by Crippen LogP contribution is 2.42. The van der Waals surface area contributed by atoms with Gasteiger partial charge >= 0.3 is 0 Å². The number of ether oxygens (including phenoxy) is 4. The first-order valence-electron chi connectivity index (χ1n) is 10.1. The van der Waals surface area contributed by atoms with Crippen molar-refractivity contribution in [3.05, 3.63) is 42.2 Å². The molecule has 1 aliphatic carbocycles. The Morgan fingerprint density at radius 2 is 2.00 bits per heavy atom. The summed E-state index contributed by atoms with van der Waals surface area (Å²) >= 11 is 0. The highest BCUT2D eigenvalue weighted by molar-refractivity contribution is 6.22. The van der Waals surface area contributed by atoms with Crippen LogP contribution in [0.25, 0.3) is 5.57 Å². The van der Waals surface area contributed by atoms with Crippen molar-refractivity contribution in [2.75, 3.05) is 19.8 Å². The molecule has 0 bridgehead atoms. The number of hydrogen-bond acceptors (Lipinski definition) is 5. The van der Waals surface area contributed by atoms with Crippen LogP contribution in [0.1, 0.15) is 38.7 Å². The maximum atomic E-state index is 13.3. The lowest BCUT2D eigenvalue weighted by Crippen LogP contribution is -2.45. The molecule has 0 radical (unpaired) electrons. The van der Waals surface area contributed by atoms with Gasteiger partial charge < -0.3 is 18.9 Å². The van der Waals surface area contributed by atoms with E-state index in [2.05, 4.69) is 13.5 Å². The minimum atomic E-state index is -0.122. The smallest absolute Gasteiger partial charge is 0.173 e. The third-order valence-electron chi connectivity index (χ3n) is 5.88. The molecule has 4 atom stereocenters. The first kappa shape index (κ1) is 19.1. The van der Waals surface area contributed by atoms with Crippen LogP contribution < -0.4 is 9.47 Å². The predicted molar refractivity (Wildman–Crippen MR) is 106 cm³/mol. The number of ketones is 1. The molecular weight excluding hydrogens is 356 g/mol. The van der Waals surface area contributed by atoms with Crippen molar-refractivity contribution in [1.82, 2.24) is 0 Å². The number of carbonyl (C=O) groups is 1. The molecule has 0 amide bonds. The number of fused-ring (bicyclic) bond motifs is 2. The van der Waals surface area contributed by atoms with E-state index in [1.54, 1.807) is 6.26 Å². The predicted octanol–water partition coefficient (Wildman–Crippen LogP) is 4.16. The molecule has 5 heteroatoms. The van der Waals surface area contributed by atoms with Gasteiger partial charge in [-0.1, -0.05) is 31.6 Å². The molecule has 0 saturated heterocycles. The third kappa shape index (κ3) is 3.68. The van der Waals surface area contributed by atoms with Crippen LogP contribution in [0.4, 0.5) is 0 Å². The summed E-state index contributed by atoms with van der Waals surface area (Å²) < 4.78 is 23.3. The Bertz CT molecular complexity index is 796. The highest BCUT2D eigenvalue weighted by atomic mass is 16.6. The zero-order chi connectivity index (χ0) is 19.7. The molecular formula is C23H28O5. The minimum Gasteiger partial charge on any atom is -0.496 e. The summed E-state index contributed by atoms with van der Waals surface area (Å²) in [5, 5.41) is 0. The average molecular weight is 384 g/mol. The second-order valence-electron chi connectivity index (χ2n) is 7.98. The van der Waals surface area contributed by atoms with Gasteiger partial charge in [0.25, 0.3) is 0 Å². The lowest BCUT2D eigenvalue weighted by Gasteiger charge is -2.42. The quantitative estimate of drug-likeness (QED) is 0.714. The van der Waals surface area contributed by atoms with Gasteiger partial charge in [-0.05, 0) is 37.0 Å². The Hall–Kier alpha value is -2.27. The van der Waals surface area contributed by atoms with E-state index in [0.29, 0.717) is 37.1 Å². The molecule has 1 saturated carbocycles. The van der Waals surface area contributed by atoms with E-state index in [-0.39, 0.29) is 23.9 Å². The first-order chi connectivity index (χ1) is 13.6. The highest BCUT2D eigenvalue weighted by Gasteiger charge is 2.44. The molecule has 4 rings (SSSR count). The summed E-state index contributed by atoms with van der Waals surface area (Å²) in [6.07, 6.45) is 4.14. The molecule has 2 heterocycles. The van der Waals surface area contributed by atoms with Gasteiger partial charge in [-0.2, -0.15) is 0 Å². The summed E-state index contributed by atoms with van der Waals surface area (Å²) in [5.74, 6) is 1.79. The summed E-state index contributed by atoms with van der Waals surface area (Å²) in [7, 11) is 0. The molecule has 0 spiro atoms. The number of allylic oxidation sites excluding steroid dienone is 1.